The molecule has 90 valence electrons. The molecule has 0 aromatic carbocycles. The molecule has 0 spiro atoms. The van der Waals surface area contributed by atoms with Gasteiger partial charge in [-0.25, -0.2) is 4.98 Å². The van der Waals surface area contributed by atoms with Crippen molar-refractivity contribution in [2.24, 2.45) is 0 Å². The predicted octanol–water partition coefficient (Wildman–Crippen LogP) is 1.96. The SMILES string of the molecule is CCOC(=O)CCOCCc1scnc1C. The molecule has 0 aliphatic rings. The monoisotopic (exact) mass is 243 g/mol. The molecular formula is C11H17NO3S. The molecule has 0 aliphatic heterocycles. The van der Waals surface area contributed by atoms with E-state index in [-0.39, 0.29) is 5.97 Å². The van der Waals surface area contributed by atoms with Gasteiger partial charge in [0.2, 0.25) is 0 Å². The zero-order chi connectivity index (χ0) is 11.8. The Balaban J connectivity index is 2.04. The van der Waals surface area contributed by atoms with Gasteiger partial charge in [-0.1, -0.05) is 0 Å². The summed E-state index contributed by atoms with van der Waals surface area (Å²) in [4.78, 5) is 16.4. The Morgan fingerprint density at radius 2 is 2.31 bits per heavy atom. The summed E-state index contributed by atoms with van der Waals surface area (Å²) in [5.41, 5.74) is 2.91. The van der Waals surface area contributed by atoms with E-state index < -0.39 is 0 Å². The Bertz CT molecular complexity index is 325. The number of ether oxygens (including phenoxy) is 2. The van der Waals surface area contributed by atoms with Crippen molar-refractivity contribution in [2.45, 2.75) is 26.7 Å². The molecule has 16 heavy (non-hydrogen) atoms. The minimum absolute atomic E-state index is 0.198. The highest BCUT2D eigenvalue weighted by Crippen LogP contribution is 2.12. The Morgan fingerprint density at radius 1 is 1.50 bits per heavy atom. The van der Waals surface area contributed by atoms with Gasteiger partial charge in [-0.15, -0.1) is 11.3 Å². The fourth-order valence-electron chi connectivity index (χ4n) is 1.22. The molecule has 0 N–H and O–H groups in total. The third kappa shape index (κ3) is 4.72. The van der Waals surface area contributed by atoms with Crippen molar-refractivity contribution in [3.63, 3.8) is 0 Å². The van der Waals surface area contributed by atoms with Gasteiger partial charge in [0.15, 0.2) is 0 Å². The van der Waals surface area contributed by atoms with Crippen LogP contribution in [0.25, 0.3) is 0 Å². The van der Waals surface area contributed by atoms with Crippen LogP contribution >= 0.6 is 11.3 Å². The van der Waals surface area contributed by atoms with Crippen molar-refractivity contribution >= 4 is 17.3 Å². The lowest BCUT2D eigenvalue weighted by Gasteiger charge is -2.03. The van der Waals surface area contributed by atoms with E-state index >= 15 is 0 Å². The van der Waals surface area contributed by atoms with Gasteiger partial charge in [0.25, 0.3) is 0 Å². The van der Waals surface area contributed by atoms with E-state index in [1.54, 1.807) is 18.3 Å². The maximum Gasteiger partial charge on any atom is 0.308 e. The maximum absolute atomic E-state index is 11.0. The molecule has 1 aromatic heterocycles. The highest BCUT2D eigenvalue weighted by Gasteiger charge is 2.03. The normalized spacial score (nSPS) is 10.4. The first-order valence-electron chi connectivity index (χ1n) is 5.36. The Kier molecular flexibility index (Phi) is 6.03. The third-order valence-electron chi connectivity index (χ3n) is 2.07. The van der Waals surface area contributed by atoms with E-state index in [0.717, 1.165) is 12.1 Å². The van der Waals surface area contributed by atoms with Crippen molar-refractivity contribution in [3.05, 3.63) is 16.1 Å². The maximum atomic E-state index is 11.0. The van der Waals surface area contributed by atoms with Crippen molar-refractivity contribution in [2.75, 3.05) is 19.8 Å². The molecule has 0 saturated carbocycles. The quantitative estimate of drug-likeness (QED) is 0.542. The van der Waals surface area contributed by atoms with E-state index in [0.29, 0.717) is 26.2 Å². The first-order valence-corrected chi connectivity index (χ1v) is 6.24. The Hall–Kier alpha value is -0.940. The van der Waals surface area contributed by atoms with Crippen LogP contribution in [0.15, 0.2) is 5.51 Å². The molecule has 0 radical (unpaired) electrons. The lowest BCUT2D eigenvalue weighted by atomic mass is 10.3. The minimum atomic E-state index is -0.198. The van der Waals surface area contributed by atoms with Gasteiger partial charge in [-0.3, -0.25) is 4.79 Å². The van der Waals surface area contributed by atoms with Crippen molar-refractivity contribution in [3.8, 4) is 0 Å². The number of hydrogen-bond acceptors (Lipinski definition) is 5. The minimum Gasteiger partial charge on any atom is -0.466 e. The van der Waals surface area contributed by atoms with Crippen LogP contribution in [-0.2, 0) is 20.7 Å². The van der Waals surface area contributed by atoms with Crippen LogP contribution in [0.2, 0.25) is 0 Å². The summed E-state index contributed by atoms with van der Waals surface area (Å²) in [6.45, 7) is 5.27. The zero-order valence-electron chi connectivity index (χ0n) is 9.69. The number of thiazole rings is 1. The van der Waals surface area contributed by atoms with E-state index in [4.69, 9.17) is 9.47 Å². The first-order chi connectivity index (χ1) is 7.74. The van der Waals surface area contributed by atoms with Crippen LogP contribution in [0.4, 0.5) is 0 Å². The van der Waals surface area contributed by atoms with Crippen LogP contribution < -0.4 is 0 Å². The molecule has 0 bridgehead atoms. The molecule has 1 aromatic rings. The van der Waals surface area contributed by atoms with Crippen molar-refractivity contribution in [1.82, 2.24) is 4.98 Å². The predicted molar refractivity (Wildman–Crippen MR) is 62.6 cm³/mol. The summed E-state index contributed by atoms with van der Waals surface area (Å²) in [6, 6.07) is 0. The van der Waals surface area contributed by atoms with Crippen LogP contribution in [0.1, 0.15) is 23.9 Å². The van der Waals surface area contributed by atoms with Gasteiger partial charge in [0.1, 0.15) is 0 Å². The lowest BCUT2D eigenvalue weighted by Crippen LogP contribution is -2.09. The molecule has 0 unspecified atom stereocenters. The van der Waals surface area contributed by atoms with Crippen molar-refractivity contribution < 1.29 is 14.3 Å². The summed E-state index contributed by atoms with van der Waals surface area (Å²) >= 11 is 1.64. The van der Waals surface area contributed by atoms with Gasteiger partial charge in [0.05, 0.1) is 37.4 Å². The summed E-state index contributed by atoms with van der Waals surface area (Å²) < 4.78 is 10.1. The number of nitrogens with zero attached hydrogens (tertiary/aromatic N) is 1. The largest absolute Gasteiger partial charge is 0.466 e. The van der Waals surface area contributed by atoms with Gasteiger partial charge >= 0.3 is 5.97 Å². The second kappa shape index (κ2) is 7.35. The van der Waals surface area contributed by atoms with Gasteiger partial charge in [-0.05, 0) is 13.8 Å². The zero-order valence-corrected chi connectivity index (χ0v) is 10.5. The average Bonchev–Trinajstić information content (AvgIpc) is 2.64. The molecular weight excluding hydrogens is 226 g/mol. The summed E-state index contributed by atoms with van der Waals surface area (Å²) in [5.74, 6) is -0.198. The number of aryl methyl sites for hydroxylation is 1. The van der Waals surface area contributed by atoms with E-state index in [1.165, 1.54) is 4.88 Å². The van der Waals surface area contributed by atoms with Gasteiger partial charge in [-0.2, -0.15) is 0 Å². The Morgan fingerprint density at radius 3 is 2.94 bits per heavy atom. The number of aromatic nitrogens is 1. The van der Waals surface area contributed by atoms with Crippen LogP contribution in [0, 0.1) is 6.92 Å². The van der Waals surface area contributed by atoms with Gasteiger partial charge < -0.3 is 9.47 Å². The molecule has 0 saturated heterocycles. The number of rotatable bonds is 7. The molecule has 0 atom stereocenters. The molecule has 1 heterocycles. The molecule has 0 amide bonds. The van der Waals surface area contributed by atoms with Crippen molar-refractivity contribution in [1.29, 1.82) is 0 Å². The lowest BCUT2D eigenvalue weighted by molar-refractivity contribution is -0.144. The standard InChI is InChI=1S/C11H17NO3S/c1-3-15-11(13)5-7-14-6-4-10-9(2)12-8-16-10/h8H,3-7H2,1-2H3. The number of esters is 1. The smallest absolute Gasteiger partial charge is 0.308 e. The van der Waals surface area contributed by atoms with E-state index in [9.17, 15) is 4.79 Å². The average molecular weight is 243 g/mol. The second-order valence-corrected chi connectivity index (χ2v) is 4.22. The highest BCUT2D eigenvalue weighted by atomic mass is 32.1. The molecule has 0 fully saturated rings. The third-order valence-corrected chi connectivity index (χ3v) is 3.07. The summed E-state index contributed by atoms with van der Waals surface area (Å²) in [6.07, 6.45) is 1.19. The molecule has 4 nitrogen and oxygen atoms in total. The number of hydrogen-bond donors (Lipinski definition) is 0. The fourth-order valence-corrected chi connectivity index (χ4v) is 1.98. The van der Waals surface area contributed by atoms with Gasteiger partial charge in [0, 0.05) is 11.3 Å². The number of carbonyl (C=O) groups excluding carboxylic acids is 1. The Labute approximate surface area is 99.6 Å². The molecule has 0 aliphatic carbocycles. The topological polar surface area (TPSA) is 48.4 Å². The first kappa shape index (κ1) is 13.1. The summed E-state index contributed by atoms with van der Waals surface area (Å²) in [7, 11) is 0. The van der Waals surface area contributed by atoms with E-state index in [2.05, 4.69) is 4.98 Å². The van der Waals surface area contributed by atoms with Crippen LogP contribution in [-0.4, -0.2) is 30.8 Å². The van der Waals surface area contributed by atoms with Crippen LogP contribution in [0.5, 0.6) is 0 Å². The highest BCUT2D eigenvalue weighted by molar-refractivity contribution is 7.09. The molecule has 5 heteroatoms. The van der Waals surface area contributed by atoms with Crippen LogP contribution in [0.3, 0.4) is 0 Å². The number of carbonyl (C=O) groups is 1. The fraction of sp³-hybridized carbons (Fsp3) is 0.636. The van der Waals surface area contributed by atoms with E-state index in [1.807, 2.05) is 12.4 Å². The molecule has 1 rings (SSSR count). The summed E-state index contributed by atoms with van der Waals surface area (Å²) in [5, 5.41) is 0. The second-order valence-electron chi connectivity index (χ2n) is 3.28.